The first-order valence-electron chi connectivity index (χ1n) is 3.18. The van der Waals surface area contributed by atoms with Crippen LogP contribution in [0.4, 0.5) is 0 Å². The number of hydrogen-bond donors (Lipinski definition) is 1. The van der Waals surface area contributed by atoms with E-state index in [1.165, 1.54) is 0 Å². The fourth-order valence-corrected chi connectivity index (χ4v) is 1.63. The molecule has 1 aromatic heterocycles. The monoisotopic (exact) mass is 202 g/mol. The Morgan fingerprint density at radius 2 is 2.30 bits per heavy atom. The Hall–Kier alpha value is -0.280. The summed E-state index contributed by atoms with van der Waals surface area (Å²) in [7, 11) is 0. The molecule has 1 fully saturated rings. The Labute approximate surface area is 67.0 Å². The lowest BCUT2D eigenvalue weighted by Gasteiger charge is -2.02. The van der Waals surface area contributed by atoms with Gasteiger partial charge in [-0.25, -0.2) is 0 Å². The molecule has 1 heterocycles. The summed E-state index contributed by atoms with van der Waals surface area (Å²) in [6.07, 6.45) is 3.28. The van der Waals surface area contributed by atoms with Crippen LogP contribution in [-0.4, -0.2) is 5.11 Å². The smallest absolute Gasteiger partial charge is 0.175 e. The van der Waals surface area contributed by atoms with E-state index in [0.29, 0.717) is 4.67 Å². The van der Waals surface area contributed by atoms with Gasteiger partial charge in [0.1, 0.15) is 0 Å². The van der Waals surface area contributed by atoms with Crippen LogP contribution in [0.1, 0.15) is 18.4 Å². The molecular formula is C7H7BrO2. The van der Waals surface area contributed by atoms with E-state index in [1.54, 1.807) is 12.3 Å². The normalized spacial score (nSPS) is 21.0. The first-order valence-corrected chi connectivity index (χ1v) is 3.97. The van der Waals surface area contributed by atoms with Crippen molar-refractivity contribution in [2.24, 2.45) is 0 Å². The first kappa shape index (κ1) is 6.43. The Morgan fingerprint density at radius 3 is 2.70 bits per heavy atom. The molecule has 1 aliphatic rings. The summed E-state index contributed by atoms with van der Waals surface area (Å²) in [6, 6.07) is 1.80. The maximum atomic E-state index is 9.58. The van der Waals surface area contributed by atoms with E-state index in [-0.39, 0.29) is 0 Å². The number of halogens is 1. The molecule has 54 valence electrons. The van der Waals surface area contributed by atoms with Crippen LogP contribution in [0.25, 0.3) is 0 Å². The molecule has 1 saturated carbocycles. The standard InChI is InChI=1S/C7H7BrO2/c8-6-5(1-4-10-6)7(9)2-3-7/h1,4,9H,2-3H2. The second kappa shape index (κ2) is 1.86. The van der Waals surface area contributed by atoms with E-state index in [9.17, 15) is 5.11 Å². The van der Waals surface area contributed by atoms with Gasteiger partial charge < -0.3 is 9.52 Å². The molecule has 0 spiro atoms. The Morgan fingerprint density at radius 1 is 1.60 bits per heavy atom. The Bertz CT molecular complexity index is 250. The lowest BCUT2D eigenvalue weighted by molar-refractivity contribution is 0.149. The molecule has 0 amide bonds. The molecule has 0 saturated heterocycles. The zero-order chi connectivity index (χ0) is 7.19. The molecular weight excluding hydrogens is 196 g/mol. The van der Waals surface area contributed by atoms with Gasteiger partial charge in [0.05, 0.1) is 11.9 Å². The predicted molar refractivity (Wildman–Crippen MR) is 39.5 cm³/mol. The van der Waals surface area contributed by atoms with Gasteiger partial charge in [-0.3, -0.25) is 0 Å². The molecule has 0 aliphatic heterocycles. The predicted octanol–water partition coefficient (Wildman–Crippen LogP) is 2.02. The zero-order valence-corrected chi connectivity index (χ0v) is 6.89. The van der Waals surface area contributed by atoms with Gasteiger partial charge in [0.2, 0.25) is 0 Å². The summed E-state index contributed by atoms with van der Waals surface area (Å²) >= 11 is 3.22. The van der Waals surface area contributed by atoms with Crippen LogP contribution in [0, 0.1) is 0 Å². The average Bonchev–Trinajstić information content (AvgIpc) is 2.44. The highest BCUT2D eigenvalue weighted by Crippen LogP contribution is 2.48. The highest BCUT2D eigenvalue weighted by atomic mass is 79.9. The summed E-state index contributed by atoms with van der Waals surface area (Å²) in [6.45, 7) is 0. The molecule has 1 aliphatic carbocycles. The molecule has 0 radical (unpaired) electrons. The molecule has 10 heavy (non-hydrogen) atoms. The van der Waals surface area contributed by atoms with Crippen molar-refractivity contribution in [1.29, 1.82) is 0 Å². The third-order valence-corrected chi connectivity index (χ3v) is 2.46. The van der Waals surface area contributed by atoms with Crippen molar-refractivity contribution in [2.45, 2.75) is 18.4 Å². The van der Waals surface area contributed by atoms with Gasteiger partial charge in [-0.1, -0.05) is 0 Å². The number of hydrogen-bond acceptors (Lipinski definition) is 2. The van der Waals surface area contributed by atoms with Gasteiger partial charge in [0.25, 0.3) is 0 Å². The summed E-state index contributed by atoms with van der Waals surface area (Å²) in [5.74, 6) is 0. The van der Waals surface area contributed by atoms with E-state index in [4.69, 9.17) is 4.42 Å². The van der Waals surface area contributed by atoms with E-state index in [0.717, 1.165) is 18.4 Å². The Balaban J connectivity index is 2.42. The van der Waals surface area contributed by atoms with E-state index in [1.807, 2.05) is 0 Å². The van der Waals surface area contributed by atoms with Crippen LogP contribution in [-0.2, 0) is 5.60 Å². The van der Waals surface area contributed by atoms with Gasteiger partial charge in [0.15, 0.2) is 4.67 Å². The molecule has 3 heteroatoms. The van der Waals surface area contributed by atoms with Gasteiger partial charge in [0, 0.05) is 5.56 Å². The van der Waals surface area contributed by atoms with Gasteiger partial charge in [-0.15, -0.1) is 0 Å². The molecule has 1 N–H and O–H groups in total. The SMILES string of the molecule is OC1(c2ccoc2Br)CC1. The maximum Gasteiger partial charge on any atom is 0.175 e. The fourth-order valence-electron chi connectivity index (χ4n) is 1.02. The van der Waals surface area contributed by atoms with Crippen molar-refractivity contribution >= 4 is 15.9 Å². The lowest BCUT2D eigenvalue weighted by Crippen LogP contribution is -2.02. The molecule has 0 unspecified atom stereocenters. The molecule has 1 aromatic rings. The van der Waals surface area contributed by atoms with E-state index in [2.05, 4.69) is 15.9 Å². The summed E-state index contributed by atoms with van der Waals surface area (Å²) in [5, 5.41) is 9.58. The third-order valence-electron chi connectivity index (χ3n) is 1.84. The number of aliphatic hydroxyl groups is 1. The second-order valence-electron chi connectivity index (χ2n) is 2.64. The highest BCUT2D eigenvalue weighted by Gasteiger charge is 2.44. The maximum absolute atomic E-state index is 9.58. The minimum Gasteiger partial charge on any atom is -0.457 e. The van der Waals surface area contributed by atoms with Gasteiger partial charge >= 0.3 is 0 Å². The van der Waals surface area contributed by atoms with Crippen molar-refractivity contribution in [3.8, 4) is 0 Å². The third kappa shape index (κ3) is 0.812. The molecule has 0 bridgehead atoms. The summed E-state index contributed by atoms with van der Waals surface area (Å²) in [4.78, 5) is 0. The number of furan rings is 1. The molecule has 2 rings (SSSR count). The van der Waals surface area contributed by atoms with Gasteiger partial charge in [-0.05, 0) is 34.8 Å². The minimum atomic E-state index is -0.578. The largest absolute Gasteiger partial charge is 0.457 e. The van der Waals surface area contributed by atoms with Crippen molar-refractivity contribution < 1.29 is 9.52 Å². The van der Waals surface area contributed by atoms with Crippen molar-refractivity contribution in [1.82, 2.24) is 0 Å². The van der Waals surface area contributed by atoms with Gasteiger partial charge in [-0.2, -0.15) is 0 Å². The van der Waals surface area contributed by atoms with Crippen LogP contribution in [0.5, 0.6) is 0 Å². The lowest BCUT2D eigenvalue weighted by atomic mass is 10.2. The average molecular weight is 203 g/mol. The van der Waals surface area contributed by atoms with Crippen LogP contribution >= 0.6 is 15.9 Å². The molecule has 0 aromatic carbocycles. The minimum absolute atomic E-state index is 0.578. The van der Waals surface area contributed by atoms with Crippen LogP contribution in [0.3, 0.4) is 0 Å². The zero-order valence-electron chi connectivity index (χ0n) is 5.30. The topological polar surface area (TPSA) is 33.4 Å². The number of rotatable bonds is 1. The van der Waals surface area contributed by atoms with Crippen molar-refractivity contribution in [3.05, 3.63) is 22.6 Å². The second-order valence-corrected chi connectivity index (χ2v) is 3.36. The fraction of sp³-hybridized carbons (Fsp3) is 0.429. The van der Waals surface area contributed by atoms with Crippen LogP contribution in [0.2, 0.25) is 0 Å². The quantitative estimate of drug-likeness (QED) is 0.757. The van der Waals surface area contributed by atoms with Crippen molar-refractivity contribution in [2.75, 3.05) is 0 Å². The summed E-state index contributed by atoms with van der Waals surface area (Å²) in [5.41, 5.74) is 0.304. The van der Waals surface area contributed by atoms with Crippen LogP contribution < -0.4 is 0 Å². The summed E-state index contributed by atoms with van der Waals surface area (Å²) < 4.78 is 5.65. The van der Waals surface area contributed by atoms with Crippen molar-refractivity contribution in [3.63, 3.8) is 0 Å². The Kier molecular flexibility index (Phi) is 1.20. The highest BCUT2D eigenvalue weighted by molar-refractivity contribution is 9.10. The first-order chi connectivity index (χ1) is 4.72. The van der Waals surface area contributed by atoms with E-state index >= 15 is 0 Å². The molecule has 2 nitrogen and oxygen atoms in total. The van der Waals surface area contributed by atoms with E-state index < -0.39 is 5.60 Å². The van der Waals surface area contributed by atoms with Crippen LogP contribution in [0.15, 0.2) is 21.4 Å². The molecule has 0 atom stereocenters.